The highest BCUT2D eigenvalue weighted by atomic mass is 16.5. The SMILES string of the molecule is COc1cccc(C(O)=C2C(=O)C(=O)N(c3ccccn3)[C@H]2c2ccc(C)cc2)c1. The fraction of sp³-hybridized carbons (Fsp3) is 0.125. The van der Waals surface area contributed by atoms with Crippen molar-refractivity contribution in [3.05, 3.63) is 95.2 Å². The number of aliphatic hydroxyl groups excluding tert-OH is 1. The summed E-state index contributed by atoms with van der Waals surface area (Å²) in [6.07, 6.45) is 1.56. The summed E-state index contributed by atoms with van der Waals surface area (Å²) in [5.74, 6) is -0.869. The molecule has 1 N–H and O–H groups in total. The van der Waals surface area contributed by atoms with Gasteiger partial charge in [0.15, 0.2) is 0 Å². The molecule has 1 saturated heterocycles. The number of carbonyl (C=O) groups is 2. The second-order valence-corrected chi connectivity index (χ2v) is 7.00. The van der Waals surface area contributed by atoms with E-state index in [-0.39, 0.29) is 11.3 Å². The lowest BCUT2D eigenvalue weighted by Crippen LogP contribution is -2.30. The number of ketones is 1. The number of aryl methyl sites for hydroxylation is 1. The van der Waals surface area contributed by atoms with E-state index in [1.165, 1.54) is 12.0 Å². The number of Topliss-reactive ketones (excluding diaryl/α,β-unsaturated/α-hetero) is 1. The number of benzene rings is 2. The molecule has 6 heteroatoms. The molecule has 3 aromatic rings. The fourth-order valence-electron chi connectivity index (χ4n) is 3.56. The van der Waals surface area contributed by atoms with Crippen LogP contribution < -0.4 is 9.64 Å². The summed E-state index contributed by atoms with van der Waals surface area (Å²) in [6, 6.07) is 18.6. The van der Waals surface area contributed by atoms with E-state index in [0.717, 1.165) is 5.56 Å². The molecule has 1 aliphatic rings. The zero-order valence-electron chi connectivity index (χ0n) is 16.6. The van der Waals surface area contributed by atoms with Crippen molar-refractivity contribution in [3.8, 4) is 5.75 Å². The van der Waals surface area contributed by atoms with Gasteiger partial charge in [0.2, 0.25) is 0 Å². The third-order valence-electron chi connectivity index (χ3n) is 5.08. The van der Waals surface area contributed by atoms with Gasteiger partial charge in [0, 0.05) is 11.8 Å². The molecule has 150 valence electrons. The summed E-state index contributed by atoms with van der Waals surface area (Å²) in [7, 11) is 1.52. The second-order valence-electron chi connectivity index (χ2n) is 7.00. The number of hydrogen-bond acceptors (Lipinski definition) is 5. The highest BCUT2D eigenvalue weighted by molar-refractivity contribution is 6.51. The van der Waals surface area contributed by atoms with Gasteiger partial charge in [-0.25, -0.2) is 4.98 Å². The third kappa shape index (κ3) is 3.33. The molecule has 0 unspecified atom stereocenters. The molecule has 0 bridgehead atoms. The smallest absolute Gasteiger partial charge is 0.301 e. The minimum Gasteiger partial charge on any atom is -0.507 e. The van der Waals surface area contributed by atoms with Gasteiger partial charge in [-0.3, -0.25) is 14.5 Å². The number of anilines is 1. The fourth-order valence-corrected chi connectivity index (χ4v) is 3.56. The Balaban J connectivity index is 1.94. The van der Waals surface area contributed by atoms with E-state index in [1.54, 1.807) is 48.7 Å². The zero-order valence-corrected chi connectivity index (χ0v) is 16.6. The lowest BCUT2D eigenvalue weighted by molar-refractivity contribution is -0.132. The van der Waals surface area contributed by atoms with Crippen molar-refractivity contribution in [2.24, 2.45) is 0 Å². The zero-order chi connectivity index (χ0) is 21.3. The predicted molar refractivity (Wildman–Crippen MR) is 113 cm³/mol. The molecule has 1 aliphatic heterocycles. The molecule has 1 aromatic heterocycles. The van der Waals surface area contributed by atoms with Crippen LogP contribution in [0.3, 0.4) is 0 Å². The van der Waals surface area contributed by atoms with Crippen molar-refractivity contribution in [2.45, 2.75) is 13.0 Å². The number of amides is 1. The largest absolute Gasteiger partial charge is 0.507 e. The molecule has 0 aliphatic carbocycles. The van der Waals surface area contributed by atoms with Crippen molar-refractivity contribution >= 4 is 23.3 Å². The van der Waals surface area contributed by atoms with E-state index in [9.17, 15) is 14.7 Å². The first-order chi connectivity index (χ1) is 14.5. The van der Waals surface area contributed by atoms with E-state index in [2.05, 4.69) is 4.98 Å². The van der Waals surface area contributed by atoms with Gasteiger partial charge in [0.25, 0.3) is 5.78 Å². The highest BCUT2D eigenvalue weighted by Crippen LogP contribution is 2.41. The van der Waals surface area contributed by atoms with Crippen LogP contribution in [0, 0.1) is 6.92 Å². The van der Waals surface area contributed by atoms with E-state index in [1.807, 2.05) is 31.2 Å². The molecule has 6 nitrogen and oxygen atoms in total. The molecule has 4 rings (SSSR count). The number of ether oxygens (including phenoxy) is 1. The molecular weight excluding hydrogens is 380 g/mol. The van der Waals surface area contributed by atoms with Crippen molar-refractivity contribution in [3.63, 3.8) is 0 Å². The number of aromatic nitrogens is 1. The van der Waals surface area contributed by atoms with Crippen molar-refractivity contribution in [2.75, 3.05) is 12.0 Å². The summed E-state index contributed by atoms with van der Waals surface area (Å²) in [5.41, 5.74) is 2.16. The number of rotatable bonds is 4. The summed E-state index contributed by atoms with van der Waals surface area (Å²) in [5, 5.41) is 11.1. The molecule has 1 fully saturated rings. The van der Waals surface area contributed by atoms with Gasteiger partial charge >= 0.3 is 5.91 Å². The van der Waals surface area contributed by atoms with Crippen LogP contribution in [-0.4, -0.2) is 28.9 Å². The van der Waals surface area contributed by atoms with E-state index >= 15 is 0 Å². The Morgan fingerprint density at radius 3 is 2.47 bits per heavy atom. The molecule has 1 atom stereocenters. The van der Waals surface area contributed by atoms with Gasteiger partial charge in [-0.15, -0.1) is 0 Å². The minimum absolute atomic E-state index is 0.0164. The second kappa shape index (κ2) is 7.83. The van der Waals surface area contributed by atoms with Gasteiger partial charge in [-0.2, -0.15) is 0 Å². The first kappa shape index (κ1) is 19.4. The number of nitrogens with zero attached hydrogens (tertiary/aromatic N) is 2. The van der Waals surface area contributed by atoms with Crippen LogP contribution in [-0.2, 0) is 9.59 Å². The minimum atomic E-state index is -0.799. The quantitative estimate of drug-likeness (QED) is 0.406. The average Bonchev–Trinajstić information content (AvgIpc) is 3.05. The van der Waals surface area contributed by atoms with Crippen LogP contribution in [0.15, 0.2) is 78.5 Å². The number of methoxy groups -OCH3 is 1. The van der Waals surface area contributed by atoms with Crippen molar-refractivity contribution in [1.82, 2.24) is 4.98 Å². The van der Waals surface area contributed by atoms with Gasteiger partial charge in [0.1, 0.15) is 17.3 Å². The summed E-state index contributed by atoms with van der Waals surface area (Å²) < 4.78 is 5.22. The lowest BCUT2D eigenvalue weighted by atomic mass is 9.94. The first-order valence-corrected chi connectivity index (χ1v) is 9.44. The topological polar surface area (TPSA) is 79.7 Å². The maximum atomic E-state index is 13.0. The first-order valence-electron chi connectivity index (χ1n) is 9.44. The number of pyridine rings is 1. The predicted octanol–water partition coefficient (Wildman–Crippen LogP) is 4.02. The molecular formula is C24H20N2O4. The Morgan fingerprint density at radius 1 is 1.03 bits per heavy atom. The standard InChI is InChI=1S/C24H20N2O4/c1-15-9-11-16(12-10-15)21-20(22(27)17-6-5-7-18(14-17)30-2)23(28)24(29)26(21)19-8-3-4-13-25-19/h3-14,21,27H,1-2H3/t21-/m0/s1. The molecule has 0 radical (unpaired) electrons. The van der Waals surface area contributed by atoms with E-state index in [4.69, 9.17) is 4.74 Å². The van der Waals surface area contributed by atoms with E-state index < -0.39 is 17.7 Å². The Morgan fingerprint density at radius 2 is 1.80 bits per heavy atom. The maximum absolute atomic E-state index is 13.0. The number of aliphatic hydroxyl groups is 1. The van der Waals surface area contributed by atoms with Gasteiger partial charge in [-0.1, -0.05) is 48.0 Å². The summed E-state index contributed by atoms with van der Waals surface area (Å²) >= 11 is 0. The molecule has 30 heavy (non-hydrogen) atoms. The third-order valence-corrected chi connectivity index (χ3v) is 5.08. The molecule has 0 saturated carbocycles. The van der Waals surface area contributed by atoms with Crippen molar-refractivity contribution in [1.29, 1.82) is 0 Å². The average molecular weight is 400 g/mol. The van der Waals surface area contributed by atoms with Crippen LogP contribution >= 0.6 is 0 Å². The lowest BCUT2D eigenvalue weighted by Gasteiger charge is -2.24. The molecule has 0 spiro atoms. The van der Waals surface area contributed by atoms with Crippen LogP contribution in [0.2, 0.25) is 0 Å². The highest BCUT2D eigenvalue weighted by Gasteiger charge is 2.47. The summed E-state index contributed by atoms with van der Waals surface area (Å²) in [6.45, 7) is 1.95. The van der Waals surface area contributed by atoms with Crippen LogP contribution in [0.4, 0.5) is 5.82 Å². The van der Waals surface area contributed by atoms with Crippen molar-refractivity contribution < 1.29 is 19.4 Å². The number of carbonyl (C=O) groups excluding carboxylic acids is 2. The normalized spacial score (nSPS) is 17.9. The Bertz CT molecular complexity index is 1140. The van der Waals surface area contributed by atoms with Gasteiger partial charge in [-0.05, 0) is 36.8 Å². The van der Waals surface area contributed by atoms with Crippen LogP contribution in [0.25, 0.3) is 5.76 Å². The summed E-state index contributed by atoms with van der Waals surface area (Å²) in [4.78, 5) is 31.6. The van der Waals surface area contributed by atoms with Crippen LogP contribution in [0.1, 0.15) is 22.7 Å². The van der Waals surface area contributed by atoms with Gasteiger partial charge < -0.3 is 9.84 Å². The Hall–Kier alpha value is -3.93. The van der Waals surface area contributed by atoms with Gasteiger partial charge in [0.05, 0.1) is 18.7 Å². The Kier molecular flexibility index (Phi) is 5.06. The molecule has 2 heterocycles. The number of hydrogen-bond donors (Lipinski definition) is 1. The molecule has 2 aromatic carbocycles. The molecule has 1 amide bonds. The monoisotopic (exact) mass is 400 g/mol. The Labute approximate surface area is 174 Å². The maximum Gasteiger partial charge on any atom is 0.301 e. The van der Waals surface area contributed by atoms with E-state index in [0.29, 0.717) is 22.7 Å². The van der Waals surface area contributed by atoms with Crippen LogP contribution in [0.5, 0.6) is 5.75 Å².